The monoisotopic (exact) mass is 354 g/mol. The Morgan fingerprint density at radius 3 is 2.56 bits per heavy atom. The zero-order valence-electron chi connectivity index (χ0n) is 13.6. The van der Waals surface area contributed by atoms with Gasteiger partial charge < -0.3 is 14.6 Å². The minimum absolute atomic E-state index is 0.0280. The molecule has 2 heterocycles. The van der Waals surface area contributed by atoms with Gasteiger partial charge in [0, 0.05) is 10.6 Å². The van der Waals surface area contributed by atoms with Crippen LogP contribution >= 0.6 is 11.3 Å². The van der Waals surface area contributed by atoms with E-state index in [2.05, 4.69) is 5.32 Å². The van der Waals surface area contributed by atoms with Gasteiger partial charge in [0.2, 0.25) is 11.8 Å². The van der Waals surface area contributed by atoms with Gasteiger partial charge in [0.15, 0.2) is 0 Å². The first-order valence-electron chi connectivity index (χ1n) is 7.88. The van der Waals surface area contributed by atoms with E-state index in [9.17, 15) is 9.59 Å². The van der Waals surface area contributed by atoms with E-state index < -0.39 is 0 Å². The Hall–Kier alpha value is -2.86. The van der Waals surface area contributed by atoms with Crippen LogP contribution in [0.3, 0.4) is 0 Å². The summed E-state index contributed by atoms with van der Waals surface area (Å²) in [6, 6.07) is 16.6. The number of amides is 2. The first-order chi connectivity index (χ1) is 12.2. The molecule has 3 rings (SSSR count). The molecule has 0 aliphatic heterocycles. The maximum Gasteiger partial charge on any atom is 0.244 e. The molecular weight excluding hydrogens is 336 g/mol. The lowest BCUT2D eigenvalue weighted by Gasteiger charge is -2.21. The largest absolute Gasteiger partial charge is 0.467 e. The Labute approximate surface area is 149 Å². The fourth-order valence-electron chi connectivity index (χ4n) is 2.39. The molecule has 0 aliphatic carbocycles. The van der Waals surface area contributed by atoms with E-state index in [-0.39, 0.29) is 31.3 Å². The number of anilines is 1. The van der Waals surface area contributed by atoms with Crippen molar-refractivity contribution in [1.82, 2.24) is 4.90 Å². The molecule has 0 aliphatic rings. The summed E-state index contributed by atoms with van der Waals surface area (Å²) in [7, 11) is 0. The number of furan rings is 1. The SMILES string of the molecule is O=C(CN(Cc1ccco1)C(=O)Cc1cccs1)Nc1ccccc1. The molecule has 0 saturated heterocycles. The van der Waals surface area contributed by atoms with Crippen molar-refractivity contribution in [3.63, 3.8) is 0 Å². The second kappa shape index (κ2) is 8.30. The fraction of sp³-hybridized carbons (Fsp3) is 0.158. The molecule has 128 valence electrons. The van der Waals surface area contributed by atoms with E-state index in [1.807, 2.05) is 47.8 Å². The van der Waals surface area contributed by atoms with Crippen molar-refractivity contribution in [2.75, 3.05) is 11.9 Å². The van der Waals surface area contributed by atoms with E-state index in [4.69, 9.17) is 4.42 Å². The van der Waals surface area contributed by atoms with E-state index in [0.717, 1.165) is 4.88 Å². The van der Waals surface area contributed by atoms with Crippen LogP contribution in [0.5, 0.6) is 0 Å². The number of nitrogens with zero attached hydrogens (tertiary/aromatic N) is 1. The molecule has 3 aromatic rings. The molecule has 2 aromatic heterocycles. The third-order valence-corrected chi connectivity index (χ3v) is 4.45. The van der Waals surface area contributed by atoms with Crippen LogP contribution in [-0.4, -0.2) is 23.3 Å². The highest BCUT2D eigenvalue weighted by Gasteiger charge is 2.19. The van der Waals surface area contributed by atoms with Gasteiger partial charge in [0.1, 0.15) is 12.3 Å². The Bertz CT molecular complexity index is 799. The number of hydrogen-bond donors (Lipinski definition) is 1. The highest BCUT2D eigenvalue weighted by molar-refractivity contribution is 7.10. The third-order valence-electron chi connectivity index (χ3n) is 3.58. The predicted octanol–water partition coefficient (Wildman–Crippen LogP) is 3.55. The van der Waals surface area contributed by atoms with Crippen molar-refractivity contribution in [2.24, 2.45) is 0 Å². The Kier molecular flexibility index (Phi) is 5.64. The van der Waals surface area contributed by atoms with Crippen LogP contribution in [0, 0.1) is 0 Å². The molecule has 6 heteroatoms. The summed E-state index contributed by atoms with van der Waals surface area (Å²) in [4.78, 5) is 27.4. The highest BCUT2D eigenvalue weighted by Crippen LogP contribution is 2.13. The van der Waals surface area contributed by atoms with Gasteiger partial charge in [-0.15, -0.1) is 11.3 Å². The minimum Gasteiger partial charge on any atom is -0.467 e. The first kappa shape index (κ1) is 17.0. The van der Waals surface area contributed by atoms with Crippen LogP contribution in [-0.2, 0) is 22.6 Å². The molecule has 0 atom stereocenters. The summed E-state index contributed by atoms with van der Waals surface area (Å²) in [6.45, 7) is 0.235. The van der Waals surface area contributed by atoms with Crippen LogP contribution in [0.15, 0.2) is 70.7 Å². The van der Waals surface area contributed by atoms with Crippen LogP contribution < -0.4 is 5.32 Å². The van der Waals surface area contributed by atoms with Gasteiger partial charge in [-0.3, -0.25) is 9.59 Å². The van der Waals surface area contributed by atoms with Crippen LogP contribution in [0.1, 0.15) is 10.6 Å². The molecule has 0 spiro atoms. The van der Waals surface area contributed by atoms with Gasteiger partial charge >= 0.3 is 0 Å². The molecular formula is C19H18N2O3S. The number of nitrogens with one attached hydrogen (secondary N) is 1. The molecule has 25 heavy (non-hydrogen) atoms. The van der Waals surface area contributed by atoms with E-state index in [1.54, 1.807) is 18.4 Å². The lowest BCUT2D eigenvalue weighted by molar-refractivity contribution is -0.134. The number of carbonyl (C=O) groups excluding carboxylic acids is 2. The zero-order chi connectivity index (χ0) is 17.5. The number of para-hydroxylation sites is 1. The molecule has 0 saturated carbocycles. The Balaban J connectivity index is 1.66. The minimum atomic E-state index is -0.239. The number of rotatable bonds is 7. The molecule has 2 amide bonds. The van der Waals surface area contributed by atoms with Crippen LogP contribution in [0.2, 0.25) is 0 Å². The van der Waals surface area contributed by atoms with Gasteiger partial charge in [0.05, 0.1) is 19.2 Å². The summed E-state index contributed by atoms with van der Waals surface area (Å²) in [6.07, 6.45) is 1.83. The fourth-order valence-corrected chi connectivity index (χ4v) is 3.09. The summed E-state index contributed by atoms with van der Waals surface area (Å²) in [5.41, 5.74) is 0.705. The molecule has 1 aromatic carbocycles. The maximum atomic E-state index is 12.6. The standard InChI is InChI=1S/C19H18N2O3S/c22-18(20-15-6-2-1-3-7-15)14-21(13-16-8-4-10-24-16)19(23)12-17-9-5-11-25-17/h1-11H,12-14H2,(H,20,22). The first-order valence-corrected chi connectivity index (χ1v) is 8.76. The molecule has 1 N–H and O–H groups in total. The van der Waals surface area contributed by atoms with Gasteiger partial charge in [-0.2, -0.15) is 0 Å². The van der Waals surface area contributed by atoms with Crippen molar-refractivity contribution in [1.29, 1.82) is 0 Å². The van der Waals surface area contributed by atoms with E-state index >= 15 is 0 Å². The number of thiophene rings is 1. The molecule has 0 bridgehead atoms. The topological polar surface area (TPSA) is 62.6 Å². The predicted molar refractivity (Wildman–Crippen MR) is 97.2 cm³/mol. The summed E-state index contributed by atoms with van der Waals surface area (Å²) in [5.74, 6) is 0.298. The zero-order valence-corrected chi connectivity index (χ0v) is 14.4. The number of benzene rings is 1. The number of carbonyl (C=O) groups is 2. The Morgan fingerprint density at radius 2 is 1.88 bits per heavy atom. The average molecular weight is 354 g/mol. The molecule has 0 radical (unpaired) electrons. The third kappa shape index (κ3) is 5.06. The van der Waals surface area contributed by atoms with Crippen molar-refractivity contribution in [2.45, 2.75) is 13.0 Å². The van der Waals surface area contributed by atoms with Crippen molar-refractivity contribution >= 4 is 28.8 Å². The van der Waals surface area contributed by atoms with Crippen LogP contribution in [0.25, 0.3) is 0 Å². The summed E-state index contributed by atoms with van der Waals surface area (Å²) >= 11 is 1.53. The molecule has 5 nitrogen and oxygen atoms in total. The average Bonchev–Trinajstić information content (AvgIpc) is 3.29. The van der Waals surface area contributed by atoms with Crippen molar-refractivity contribution < 1.29 is 14.0 Å². The normalized spacial score (nSPS) is 10.4. The van der Waals surface area contributed by atoms with Crippen molar-refractivity contribution in [3.05, 3.63) is 76.9 Å². The second-order valence-corrected chi connectivity index (χ2v) is 6.53. The molecule has 0 fully saturated rings. The quantitative estimate of drug-likeness (QED) is 0.706. The summed E-state index contributed by atoms with van der Waals surface area (Å²) < 4.78 is 5.33. The van der Waals surface area contributed by atoms with Gasteiger partial charge in [-0.05, 0) is 35.7 Å². The molecule has 0 unspecified atom stereocenters. The summed E-state index contributed by atoms with van der Waals surface area (Å²) in [5, 5.41) is 4.74. The lowest BCUT2D eigenvalue weighted by Crippen LogP contribution is -2.38. The van der Waals surface area contributed by atoms with Gasteiger partial charge in [0.25, 0.3) is 0 Å². The smallest absolute Gasteiger partial charge is 0.244 e. The lowest BCUT2D eigenvalue weighted by atomic mass is 10.2. The van der Waals surface area contributed by atoms with Gasteiger partial charge in [-0.1, -0.05) is 24.3 Å². The highest BCUT2D eigenvalue weighted by atomic mass is 32.1. The maximum absolute atomic E-state index is 12.6. The van der Waals surface area contributed by atoms with Gasteiger partial charge in [-0.25, -0.2) is 0 Å². The van der Waals surface area contributed by atoms with E-state index in [1.165, 1.54) is 16.2 Å². The second-order valence-electron chi connectivity index (χ2n) is 5.50. The number of hydrogen-bond acceptors (Lipinski definition) is 4. The van der Waals surface area contributed by atoms with Crippen molar-refractivity contribution in [3.8, 4) is 0 Å². The van der Waals surface area contributed by atoms with Crippen LogP contribution in [0.4, 0.5) is 5.69 Å². The Morgan fingerprint density at radius 1 is 1.04 bits per heavy atom. The van der Waals surface area contributed by atoms with E-state index in [0.29, 0.717) is 11.4 Å².